The molecule has 2 aromatic carbocycles. The summed E-state index contributed by atoms with van der Waals surface area (Å²) in [5.41, 5.74) is 9.10. The van der Waals surface area contributed by atoms with Crippen LogP contribution in [0.3, 0.4) is 0 Å². The third-order valence-corrected chi connectivity index (χ3v) is 5.91. The summed E-state index contributed by atoms with van der Waals surface area (Å²) in [5, 5.41) is 0. The van der Waals surface area contributed by atoms with E-state index >= 15 is 0 Å². The summed E-state index contributed by atoms with van der Waals surface area (Å²) in [6, 6.07) is 17.7. The summed E-state index contributed by atoms with van der Waals surface area (Å²) in [6.07, 6.45) is 1.54. The molecule has 0 atom stereocenters. The lowest BCUT2D eigenvalue weighted by Gasteiger charge is -2.61. The quantitative estimate of drug-likeness (QED) is 0.724. The molecule has 0 aliphatic carbocycles. The van der Waals surface area contributed by atoms with Gasteiger partial charge in [-0.1, -0.05) is 30.3 Å². The number of hydrogen-bond acceptors (Lipinski definition) is 6. The van der Waals surface area contributed by atoms with Crippen LogP contribution >= 0.6 is 0 Å². The number of likely N-dealkylation sites (tertiary alicyclic amines) is 1. The highest BCUT2D eigenvalue weighted by molar-refractivity contribution is 6.00. The van der Waals surface area contributed by atoms with E-state index in [9.17, 15) is 4.79 Å². The first-order valence-corrected chi connectivity index (χ1v) is 9.93. The third-order valence-electron chi connectivity index (χ3n) is 5.91. The van der Waals surface area contributed by atoms with Crippen LogP contribution in [0, 0.1) is 5.41 Å². The van der Waals surface area contributed by atoms with E-state index in [-0.39, 0.29) is 17.3 Å². The zero-order chi connectivity index (χ0) is 20.7. The Kier molecular flexibility index (Phi) is 4.31. The van der Waals surface area contributed by atoms with Crippen LogP contribution in [0.4, 0.5) is 11.6 Å². The van der Waals surface area contributed by atoms with Gasteiger partial charge in [0.1, 0.15) is 5.75 Å². The number of ether oxygens (including phenoxy) is 1. The van der Waals surface area contributed by atoms with Crippen molar-refractivity contribution in [2.24, 2.45) is 5.41 Å². The van der Waals surface area contributed by atoms with Crippen LogP contribution in [0.5, 0.6) is 5.75 Å². The summed E-state index contributed by atoms with van der Waals surface area (Å²) in [5.74, 6) is 0.983. The molecular weight excluding hydrogens is 378 g/mol. The van der Waals surface area contributed by atoms with Crippen LogP contribution in [0.15, 0.2) is 60.8 Å². The van der Waals surface area contributed by atoms with Crippen LogP contribution in [0.2, 0.25) is 0 Å². The van der Waals surface area contributed by atoms with Crippen molar-refractivity contribution in [1.82, 2.24) is 14.9 Å². The number of amides is 1. The molecule has 1 amide bonds. The second kappa shape index (κ2) is 7.02. The topological polar surface area (TPSA) is 84.6 Å². The molecule has 0 radical (unpaired) electrons. The predicted octanol–water partition coefficient (Wildman–Crippen LogP) is 2.70. The van der Waals surface area contributed by atoms with Gasteiger partial charge in [0.2, 0.25) is 5.95 Å². The number of nitrogens with zero attached hydrogens (tertiary/aromatic N) is 4. The van der Waals surface area contributed by atoms with Crippen molar-refractivity contribution in [3.05, 3.63) is 66.4 Å². The highest BCUT2D eigenvalue weighted by atomic mass is 16.5. The molecule has 2 N–H and O–H groups in total. The lowest BCUT2D eigenvalue weighted by Crippen LogP contribution is -2.73. The van der Waals surface area contributed by atoms with E-state index in [1.807, 2.05) is 47.4 Å². The summed E-state index contributed by atoms with van der Waals surface area (Å²) < 4.78 is 5.22. The Labute approximate surface area is 175 Å². The van der Waals surface area contributed by atoms with Gasteiger partial charge < -0.3 is 20.3 Å². The largest absolute Gasteiger partial charge is 0.497 e. The van der Waals surface area contributed by atoms with Crippen LogP contribution in [0.25, 0.3) is 11.3 Å². The van der Waals surface area contributed by atoms with Crippen molar-refractivity contribution in [2.45, 2.75) is 0 Å². The highest BCUT2D eigenvalue weighted by Gasteiger charge is 2.53. The molecule has 30 heavy (non-hydrogen) atoms. The standard InChI is InChI=1S/C23H23N5O2/c1-30-18-9-7-17(8-10-18)27-12-23(13-27)14-28(15-23)21(29)19-11-25-22(24)26-20(19)16-5-3-2-4-6-16/h2-11H,12-15H2,1H3,(H2,24,25,26). The molecule has 7 heteroatoms. The normalized spacial score (nSPS) is 16.7. The lowest BCUT2D eigenvalue weighted by atomic mass is 9.72. The van der Waals surface area contributed by atoms with Gasteiger partial charge in [-0.05, 0) is 24.3 Å². The number of methoxy groups -OCH3 is 1. The Morgan fingerprint density at radius 3 is 2.40 bits per heavy atom. The van der Waals surface area contributed by atoms with Crippen molar-refractivity contribution < 1.29 is 9.53 Å². The average Bonchev–Trinajstić information content (AvgIpc) is 2.72. The molecule has 2 fully saturated rings. The van der Waals surface area contributed by atoms with Crippen LogP contribution in [-0.4, -0.2) is 54.1 Å². The second-order valence-corrected chi connectivity index (χ2v) is 8.07. The molecule has 2 aliphatic rings. The van der Waals surface area contributed by atoms with Gasteiger partial charge in [-0.25, -0.2) is 9.97 Å². The maximum absolute atomic E-state index is 13.2. The molecular formula is C23H23N5O2. The predicted molar refractivity (Wildman–Crippen MR) is 115 cm³/mol. The number of carbonyl (C=O) groups excluding carboxylic acids is 1. The molecule has 1 aromatic heterocycles. The fourth-order valence-electron chi connectivity index (χ4n) is 4.38. The molecule has 7 nitrogen and oxygen atoms in total. The number of aromatic nitrogens is 2. The number of rotatable bonds is 4. The molecule has 0 unspecified atom stereocenters. The second-order valence-electron chi connectivity index (χ2n) is 8.07. The minimum absolute atomic E-state index is 0.0395. The first-order chi connectivity index (χ1) is 14.6. The average molecular weight is 401 g/mol. The first-order valence-electron chi connectivity index (χ1n) is 9.93. The number of carbonyl (C=O) groups is 1. The van der Waals surface area contributed by atoms with Crippen LogP contribution in [0.1, 0.15) is 10.4 Å². The van der Waals surface area contributed by atoms with Crippen molar-refractivity contribution >= 4 is 17.5 Å². The summed E-state index contributed by atoms with van der Waals surface area (Å²) >= 11 is 0. The van der Waals surface area contributed by atoms with Gasteiger partial charge in [0.15, 0.2) is 0 Å². The summed E-state index contributed by atoms with van der Waals surface area (Å²) in [4.78, 5) is 25.8. The van der Waals surface area contributed by atoms with Crippen molar-refractivity contribution in [3.8, 4) is 17.0 Å². The molecule has 0 bridgehead atoms. The van der Waals surface area contributed by atoms with Crippen molar-refractivity contribution in [3.63, 3.8) is 0 Å². The van der Waals surface area contributed by atoms with E-state index in [0.717, 1.165) is 37.5 Å². The Hall–Kier alpha value is -3.61. The molecule has 0 saturated carbocycles. The molecule has 152 valence electrons. The summed E-state index contributed by atoms with van der Waals surface area (Å²) in [7, 11) is 1.67. The van der Waals surface area contributed by atoms with Gasteiger partial charge in [-0.15, -0.1) is 0 Å². The molecule has 3 heterocycles. The number of nitrogen functional groups attached to an aromatic ring is 1. The van der Waals surface area contributed by atoms with Gasteiger partial charge in [0, 0.05) is 49.0 Å². The van der Waals surface area contributed by atoms with Crippen molar-refractivity contribution in [2.75, 3.05) is 43.9 Å². The van der Waals surface area contributed by atoms with E-state index in [4.69, 9.17) is 10.5 Å². The van der Waals surface area contributed by atoms with Gasteiger partial charge in [0.05, 0.1) is 18.4 Å². The fraction of sp³-hybridized carbons (Fsp3) is 0.261. The van der Waals surface area contributed by atoms with Crippen LogP contribution in [-0.2, 0) is 0 Å². The molecule has 3 aromatic rings. The van der Waals surface area contributed by atoms with Gasteiger partial charge in [-0.2, -0.15) is 0 Å². The molecule has 2 saturated heterocycles. The Bertz CT molecular complexity index is 1070. The molecule has 5 rings (SSSR count). The molecule has 1 spiro atoms. The SMILES string of the molecule is COc1ccc(N2CC3(CN(C(=O)c4cnc(N)nc4-c4ccccc4)C3)C2)cc1. The van der Waals surface area contributed by atoms with E-state index in [1.54, 1.807) is 13.3 Å². The maximum atomic E-state index is 13.2. The van der Waals surface area contributed by atoms with E-state index < -0.39 is 0 Å². The maximum Gasteiger partial charge on any atom is 0.257 e. The molecule has 2 aliphatic heterocycles. The minimum atomic E-state index is -0.0395. The smallest absolute Gasteiger partial charge is 0.257 e. The number of hydrogen-bond donors (Lipinski definition) is 1. The Balaban J connectivity index is 1.27. The number of anilines is 2. The van der Waals surface area contributed by atoms with E-state index in [2.05, 4.69) is 27.0 Å². The fourth-order valence-corrected chi connectivity index (χ4v) is 4.38. The van der Waals surface area contributed by atoms with E-state index in [1.165, 1.54) is 5.69 Å². The number of nitrogens with two attached hydrogens (primary N) is 1. The van der Waals surface area contributed by atoms with Gasteiger partial charge in [-0.3, -0.25) is 4.79 Å². The zero-order valence-electron chi connectivity index (χ0n) is 16.8. The third kappa shape index (κ3) is 3.12. The minimum Gasteiger partial charge on any atom is -0.497 e. The van der Waals surface area contributed by atoms with E-state index in [0.29, 0.717) is 11.3 Å². The van der Waals surface area contributed by atoms with Crippen LogP contribution < -0.4 is 15.4 Å². The summed E-state index contributed by atoms with van der Waals surface area (Å²) in [6.45, 7) is 3.40. The highest BCUT2D eigenvalue weighted by Crippen LogP contribution is 2.43. The number of benzene rings is 2. The zero-order valence-corrected chi connectivity index (χ0v) is 16.8. The van der Waals surface area contributed by atoms with Gasteiger partial charge in [0.25, 0.3) is 5.91 Å². The Morgan fingerprint density at radius 1 is 1.03 bits per heavy atom. The monoisotopic (exact) mass is 401 g/mol. The van der Waals surface area contributed by atoms with Gasteiger partial charge >= 0.3 is 0 Å². The lowest BCUT2D eigenvalue weighted by molar-refractivity contribution is -0.0104. The first kappa shape index (κ1) is 18.4. The van der Waals surface area contributed by atoms with Crippen molar-refractivity contribution in [1.29, 1.82) is 0 Å². The Morgan fingerprint density at radius 2 is 1.73 bits per heavy atom.